The van der Waals surface area contributed by atoms with Crippen LogP contribution in [0.15, 0.2) is 0 Å². The van der Waals surface area contributed by atoms with Gasteiger partial charge in [0.2, 0.25) is 0 Å². The Balaban J connectivity index is 2.80. The van der Waals surface area contributed by atoms with Crippen molar-refractivity contribution in [3.63, 3.8) is 0 Å². The molecule has 1 rings (SSSR count). The molecule has 20 heavy (non-hydrogen) atoms. The maximum atomic E-state index is 12.6. The van der Waals surface area contributed by atoms with Crippen molar-refractivity contribution in [3.8, 4) is 0 Å². The monoisotopic (exact) mass is 316 g/mol. The Morgan fingerprint density at radius 3 is 2.35 bits per heavy atom. The molecule has 0 N–H and O–H groups in total. The molecule has 0 spiro atoms. The third-order valence-corrected chi connectivity index (χ3v) is 7.35. The quantitative estimate of drug-likeness (QED) is 0.418. The summed E-state index contributed by atoms with van der Waals surface area (Å²) in [6.45, 7) is 12.7. The molecule has 0 heterocycles. The van der Waals surface area contributed by atoms with Crippen LogP contribution in [0.1, 0.15) is 60.8 Å². The number of carbonyl (C=O) groups excluding carboxylic acids is 1. The largest absolute Gasteiger partial charge is 0.462 e. The Bertz CT molecular complexity index is 332. The molecule has 1 saturated carbocycles. The summed E-state index contributed by atoms with van der Waals surface area (Å²) in [5.41, 5.74) is 0. The zero-order valence-corrected chi connectivity index (χ0v) is 15.5. The van der Waals surface area contributed by atoms with Gasteiger partial charge in [-0.2, -0.15) is 11.1 Å². The van der Waals surface area contributed by atoms with E-state index in [4.69, 9.17) is 15.8 Å². The second-order valence-electron chi connectivity index (χ2n) is 7.22. The van der Waals surface area contributed by atoms with Crippen molar-refractivity contribution >= 4 is 25.9 Å². The van der Waals surface area contributed by atoms with E-state index < -0.39 is 5.04 Å². The minimum atomic E-state index is -0.552. The third-order valence-electron chi connectivity index (χ3n) is 4.99. The summed E-state index contributed by atoms with van der Waals surface area (Å²) < 4.78 is 5.94. The standard InChI is InChI=1S/C16H29ClO2Si/c1-10(2)13-8-7-12(5)9-14(13)19-15(18)16(6,20-17)11(3)4/h10-14H,7-9H2,1-6H3. The van der Waals surface area contributed by atoms with Crippen LogP contribution < -0.4 is 0 Å². The summed E-state index contributed by atoms with van der Waals surface area (Å²) in [6, 6.07) is 0. The van der Waals surface area contributed by atoms with Gasteiger partial charge in [-0.3, -0.25) is 4.79 Å². The van der Waals surface area contributed by atoms with Crippen molar-refractivity contribution in [1.82, 2.24) is 0 Å². The lowest BCUT2D eigenvalue weighted by Gasteiger charge is -2.39. The minimum Gasteiger partial charge on any atom is -0.462 e. The highest BCUT2D eigenvalue weighted by atomic mass is 35.6. The van der Waals surface area contributed by atoms with Gasteiger partial charge < -0.3 is 4.74 Å². The molecule has 1 aliphatic rings. The summed E-state index contributed by atoms with van der Waals surface area (Å²) >= 11 is 6.07. The van der Waals surface area contributed by atoms with Gasteiger partial charge in [0.05, 0.1) is 5.04 Å². The third kappa shape index (κ3) is 4.00. The summed E-state index contributed by atoms with van der Waals surface area (Å²) in [4.78, 5) is 12.6. The molecule has 2 radical (unpaired) electrons. The molecule has 0 aromatic rings. The van der Waals surface area contributed by atoms with Crippen LogP contribution in [0.3, 0.4) is 0 Å². The van der Waals surface area contributed by atoms with Crippen molar-refractivity contribution in [2.45, 2.75) is 71.9 Å². The van der Waals surface area contributed by atoms with Crippen LogP contribution in [0.4, 0.5) is 0 Å². The molecule has 0 amide bonds. The highest BCUT2D eigenvalue weighted by Gasteiger charge is 2.42. The molecule has 1 aliphatic carbocycles. The number of esters is 1. The van der Waals surface area contributed by atoms with Crippen LogP contribution >= 0.6 is 11.1 Å². The summed E-state index contributed by atoms with van der Waals surface area (Å²) in [5, 5.41) is -0.552. The van der Waals surface area contributed by atoms with Gasteiger partial charge in [0.15, 0.2) is 8.83 Å². The number of rotatable bonds is 5. The molecular formula is C16H29ClO2Si. The van der Waals surface area contributed by atoms with Gasteiger partial charge in [-0.15, -0.1) is 0 Å². The molecule has 0 bridgehead atoms. The molecule has 116 valence electrons. The molecule has 0 aliphatic heterocycles. The SMILES string of the molecule is CC1CCC(C(C)C)C(OC(=O)C(C)([Si]Cl)C(C)C)C1. The van der Waals surface area contributed by atoms with Crippen LogP contribution in [-0.4, -0.2) is 20.9 Å². The Morgan fingerprint density at radius 2 is 1.90 bits per heavy atom. The summed E-state index contributed by atoms with van der Waals surface area (Å²) in [5.74, 6) is 1.79. The van der Waals surface area contributed by atoms with Gasteiger partial charge in [-0.1, -0.05) is 48.0 Å². The topological polar surface area (TPSA) is 26.3 Å². The van der Waals surface area contributed by atoms with E-state index in [2.05, 4.69) is 20.8 Å². The molecule has 2 nitrogen and oxygen atoms in total. The predicted octanol–water partition coefficient (Wildman–Crippen LogP) is 4.68. The number of hydrogen-bond donors (Lipinski definition) is 0. The Morgan fingerprint density at radius 1 is 1.30 bits per heavy atom. The number of ether oxygens (including phenoxy) is 1. The number of carbonyl (C=O) groups is 1. The Hall–Kier alpha value is -0.0231. The minimum absolute atomic E-state index is 0.0617. The molecule has 4 heteroatoms. The van der Waals surface area contributed by atoms with Gasteiger partial charge in [-0.05, 0) is 36.5 Å². The fraction of sp³-hybridized carbons (Fsp3) is 0.938. The van der Waals surface area contributed by atoms with Crippen LogP contribution in [0, 0.1) is 23.7 Å². The van der Waals surface area contributed by atoms with E-state index in [9.17, 15) is 4.79 Å². The van der Waals surface area contributed by atoms with E-state index in [-0.39, 0.29) is 26.8 Å². The molecule has 0 aromatic heterocycles. The molecular weight excluding hydrogens is 288 g/mol. The lowest BCUT2D eigenvalue weighted by atomic mass is 9.75. The number of hydrogen-bond acceptors (Lipinski definition) is 2. The maximum absolute atomic E-state index is 12.6. The van der Waals surface area contributed by atoms with Gasteiger partial charge in [-0.25, -0.2) is 0 Å². The van der Waals surface area contributed by atoms with E-state index in [1.54, 1.807) is 0 Å². The zero-order valence-electron chi connectivity index (χ0n) is 13.7. The van der Waals surface area contributed by atoms with E-state index in [0.29, 0.717) is 17.8 Å². The van der Waals surface area contributed by atoms with E-state index in [1.807, 2.05) is 20.8 Å². The van der Waals surface area contributed by atoms with Crippen LogP contribution in [0.2, 0.25) is 5.04 Å². The lowest BCUT2D eigenvalue weighted by Crippen LogP contribution is -2.40. The van der Waals surface area contributed by atoms with Crippen molar-refractivity contribution < 1.29 is 9.53 Å². The first-order valence-corrected chi connectivity index (χ1v) is 9.82. The molecule has 0 aromatic carbocycles. The molecule has 4 unspecified atom stereocenters. The van der Waals surface area contributed by atoms with Gasteiger partial charge >= 0.3 is 5.97 Å². The highest BCUT2D eigenvalue weighted by Crippen LogP contribution is 2.40. The Kier molecular flexibility index (Phi) is 6.58. The zero-order chi connectivity index (χ0) is 15.5. The van der Waals surface area contributed by atoms with Crippen LogP contribution in [0.25, 0.3) is 0 Å². The van der Waals surface area contributed by atoms with Gasteiger partial charge in [0.1, 0.15) is 6.10 Å². The molecule has 4 atom stereocenters. The van der Waals surface area contributed by atoms with Crippen molar-refractivity contribution in [2.24, 2.45) is 23.7 Å². The first-order valence-electron chi connectivity index (χ1n) is 7.81. The smallest absolute Gasteiger partial charge is 0.310 e. The molecule has 0 saturated heterocycles. The predicted molar refractivity (Wildman–Crippen MR) is 86.0 cm³/mol. The average molecular weight is 317 g/mol. The first-order chi connectivity index (χ1) is 9.22. The first kappa shape index (κ1) is 18.0. The highest BCUT2D eigenvalue weighted by molar-refractivity contribution is 6.97. The van der Waals surface area contributed by atoms with E-state index in [0.717, 1.165) is 6.42 Å². The van der Waals surface area contributed by atoms with Crippen LogP contribution in [-0.2, 0) is 9.53 Å². The van der Waals surface area contributed by atoms with Gasteiger partial charge in [0.25, 0.3) is 0 Å². The van der Waals surface area contributed by atoms with Crippen molar-refractivity contribution in [3.05, 3.63) is 0 Å². The van der Waals surface area contributed by atoms with E-state index >= 15 is 0 Å². The van der Waals surface area contributed by atoms with E-state index in [1.165, 1.54) is 12.8 Å². The van der Waals surface area contributed by atoms with Gasteiger partial charge in [0, 0.05) is 0 Å². The summed E-state index contributed by atoms with van der Waals surface area (Å²) in [7, 11) is 0.0617. The van der Waals surface area contributed by atoms with Crippen molar-refractivity contribution in [2.75, 3.05) is 0 Å². The lowest BCUT2D eigenvalue weighted by molar-refractivity contribution is -0.160. The fourth-order valence-corrected chi connectivity index (χ4v) is 4.13. The number of halogens is 1. The van der Waals surface area contributed by atoms with Crippen LogP contribution in [0.5, 0.6) is 0 Å². The summed E-state index contributed by atoms with van der Waals surface area (Å²) in [6.07, 6.45) is 3.47. The Labute approximate surface area is 131 Å². The normalized spacial score (nSPS) is 30.4. The molecule has 1 fully saturated rings. The average Bonchev–Trinajstić information content (AvgIpc) is 2.36. The van der Waals surface area contributed by atoms with Crippen molar-refractivity contribution in [1.29, 1.82) is 0 Å². The second-order valence-corrected chi connectivity index (χ2v) is 9.02. The fourth-order valence-electron chi connectivity index (χ4n) is 2.89. The maximum Gasteiger partial charge on any atom is 0.310 e. The second kappa shape index (κ2) is 7.30.